The average molecular weight is 409 g/mol. The van der Waals surface area contributed by atoms with Gasteiger partial charge in [0.15, 0.2) is 0 Å². The van der Waals surface area contributed by atoms with Crippen LogP contribution in [0.3, 0.4) is 0 Å². The standard InChI is InChI=1S/C20H15N3O3S2/c24-18-11-27-20-16(23(18)9-12-5-6-26-10-12)7-17(28-20)19(25)22-15-8-21-14-4-2-1-3-13(14)15/h1-8,10,21H,9,11H2,(H,22,25). The van der Waals surface area contributed by atoms with Crippen molar-refractivity contribution in [2.24, 2.45) is 0 Å². The maximum Gasteiger partial charge on any atom is 0.265 e. The van der Waals surface area contributed by atoms with Gasteiger partial charge in [0.05, 0.1) is 45.3 Å². The van der Waals surface area contributed by atoms with Gasteiger partial charge in [0.1, 0.15) is 0 Å². The number of H-pyrrole nitrogens is 1. The lowest BCUT2D eigenvalue weighted by Gasteiger charge is -2.25. The number of anilines is 2. The summed E-state index contributed by atoms with van der Waals surface area (Å²) in [5, 5.41) is 3.94. The van der Waals surface area contributed by atoms with Gasteiger partial charge in [0.25, 0.3) is 5.91 Å². The highest BCUT2D eigenvalue weighted by Gasteiger charge is 2.29. The number of rotatable bonds is 4. The van der Waals surface area contributed by atoms with E-state index < -0.39 is 0 Å². The molecule has 0 aliphatic carbocycles. The van der Waals surface area contributed by atoms with E-state index in [2.05, 4.69) is 10.3 Å². The Balaban J connectivity index is 1.42. The van der Waals surface area contributed by atoms with E-state index in [0.29, 0.717) is 17.2 Å². The molecule has 0 saturated heterocycles. The summed E-state index contributed by atoms with van der Waals surface area (Å²) in [6.07, 6.45) is 5.01. The zero-order chi connectivity index (χ0) is 19.1. The Bertz CT molecular complexity index is 1180. The minimum absolute atomic E-state index is 0.0279. The van der Waals surface area contributed by atoms with E-state index in [1.807, 2.05) is 30.3 Å². The second-order valence-electron chi connectivity index (χ2n) is 6.39. The van der Waals surface area contributed by atoms with Crippen molar-refractivity contribution in [3.8, 4) is 0 Å². The molecule has 5 rings (SSSR count). The zero-order valence-electron chi connectivity index (χ0n) is 14.6. The second kappa shape index (κ2) is 6.88. The van der Waals surface area contributed by atoms with Crippen molar-refractivity contribution >= 4 is 57.2 Å². The predicted octanol–water partition coefficient (Wildman–Crippen LogP) is 4.71. The van der Waals surface area contributed by atoms with E-state index >= 15 is 0 Å². The van der Waals surface area contributed by atoms with Crippen molar-refractivity contribution in [3.05, 3.63) is 65.6 Å². The van der Waals surface area contributed by atoms with Gasteiger partial charge in [-0.3, -0.25) is 9.59 Å². The number of carbonyl (C=O) groups excluding carboxylic acids is 2. The quantitative estimate of drug-likeness (QED) is 0.511. The van der Waals surface area contributed by atoms with Gasteiger partial charge in [0.2, 0.25) is 5.91 Å². The van der Waals surface area contributed by atoms with Crippen molar-refractivity contribution < 1.29 is 14.0 Å². The third kappa shape index (κ3) is 3.00. The molecular formula is C20H15N3O3S2. The summed E-state index contributed by atoms with van der Waals surface area (Å²) >= 11 is 2.89. The molecule has 3 aromatic heterocycles. The first kappa shape index (κ1) is 17.2. The van der Waals surface area contributed by atoms with E-state index in [-0.39, 0.29) is 11.8 Å². The van der Waals surface area contributed by atoms with Crippen molar-refractivity contribution in [2.75, 3.05) is 16.0 Å². The number of nitrogens with zero attached hydrogens (tertiary/aromatic N) is 1. The molecule has 140 valence electrons. The molecule has 0 unspecified atom stereocenters. The summed E-state index contributed by atoms with van der Waals surface area (Å²) in [6.45, 7) is 0.434. The van der Waals surface area contributed by atoms with Crippen molar-refractivity contribution in [2.45, 2.75) is 10.8 Å². The number of fused-ring (bicyclic) bond motifs is 2. The van der Waals surface area contributed by atoms with Crippen molar-refractivity contribution in [1.29, 1.82) is 0 Å². The van der Waals surface area contributed by atoms with E-state index in [0.717, 1.165) is 32.1 Å². The Labute approximate surface area is 168 Å². The largest absolute Gasteiger partial charge is 0.472 e. The number of thioether (sulfide) groups is 1. The Morgan fingerprint density at radius 2 is 2.18 bits per heavy atom. The van der Waals surface area contributed by atoms with Gasteiger partial charge in [-0.2, -0.15) is 0 Å². The van der Waals surface area contributed by atoms with Crippen LogP contribution in [-0.2, 0) is 11.3 Å². The molecule has 1 aromatic carbocycles. The normalized spacial score (nSPS) is 13.7. The molecule has 4 heterocycles. The van der Waals surface area contributed by atoms with Gasteiger partial charge in [-0.25, -0.2) is 0 Å². The fraction of sp³-hybridized carbons (Fsp3) is 0.100. The molecule has 0 fully saturated rings. The summed E-state index contributed by atoms with van der Waals surface area (Å²) < 4.78 is 6.09. The van der Waals surface area contributed by atoms with Gasteiger partial charge in [-0.1, -0.05) is 18.2 Å². The number of thiophene rings is 1. The molecule has 2 amide bonds. The number of aromatic amines is 1. The number of benzene rings is 1. The van der Waals surface area contributed by atoms with Crippen LogP contribution in [0, 0.1) is 0 Å². The molecular weight excluding hydrogens is 394 g/mol. The predicted molar refractivity (Wildman–Crippen MR) is 111 cm³/mol. The van der Waals surface area contributed by atoms with Gasteiger partial charge in [-0.05, 0) is 18.2 Å². The number of nitrogens with one attached hydrogen (secondary N) is 2. The lowest BCUT2D eigenvalue weighted by molar-refractivity contribution is -0.116. The van der Waals surface area contributed by atoms with Crippen LogP contribution >= 0.6 is 23.1 Å². The number of para-hydroxylation sites is 1. The van der Waals surface area contributed by atoms with Gasteiger partial charge < -0.3 is 19.6 Å². The van der Waals surface area contributed by atoms with Crippen molar-refractivity contribution in [3.63, 3.8) is 0 Å². The number of amides is 2. The summed E-state index contributed by atoms with van der Waals surface area (Å²) in [5.74, 6) is 0.218. The molecule has 0 spiro atoms. The summed E-state index contributed by atoms with van der Waals surface area (Å²) in [7, 11) is 0. The zero-order valence-corrected chi connectivity index (χ0v) is 16.2. The first-order valence-electron chi connectivity index (χ1n) is 8.64. The molecule has 0 bridgehead atoms. The molecule has 1 aliphatic rings. The number of carbonyl (C=O) groups is 2. The highest BCUT2D eigenvalue weighted by Crippen LogP contribution is 2.43. The topological polar surface area (TPSA) is 78.3 Å². The van der Waals surface area contributed by atoms with Gasteiger partial charge >= 0.3 is 0 Å². The average Bonchev–Trinajstić information content (AvgIpc) is 3.44. The first-order valence-corrected chi connectivity index (χ1v) is 10.4. The number of furan rings is 1. The Morgan fingerprint density at radius 3 is 3.04 bits per heavy atom. The summed E-state index contributed by atoms with van der Waals surface area (Å²) in [4.78, 5) is 30.7. The number of hydrogen-bond acceptors (Lipinski definition) is 5. The molecule has 1 aliphatic heterocycles. The second-order valence-corrected chi connectivity index (χ2v) is 8.68. The Hall–Kier alpha value is -2.97. The molecule has 2 N–H and O–H groups in total. The third-order valence-electron chi connectivity index (χ3n) is 4.58. The van der Waals surface area contributed by atoms with Crippen LogP contribution in [0.25, 0.3) is 10.9 Å². The maximum atomic E-state index is 12.8. The minimum Gasteiger partial charge on any atom is -0.472 e. The molecule has 6 nitrogen and oxygen atoms in total. The Morgan fingerprint density at radius 1 is 1.29 bits per heavy atom. The lowest BCUT2D eigenvalue weighted by atomic mass is 10.2. The van der Waals surface area contributed by atoms with Crippen LogP contribution in [0.5, 0.6) is 0 Å². The molecule has 0 saturated carbocycles. The summed E-state index contributed by atoms with van der Waals surface area (Å²) in [5.41, 5.74) is 3.42. The highest BCUT2D eigenvalue weighted by molar-refractivity contribution is 8.02. The fourth-order valence-electron chi connectivity index (χ4n) is 3.21. The van der Waals surface area contributed by atoms with Gasteiger partial charge in [0, 0.05) is 22.7 Å². The van der Waals surface area contributed by atoms with Crippen LogP contribution in [0.2, 0.25) is 0 Å². The number of aromatic nitrogens is 1. The minimum atomic E-state index is -0.180. The smallest absolute Gasteiger partial charge is 0.265 e. The van der Waals surface area contributed by atoms with E-state index in [1.54, 1.807) is 29.7 Å². The Kier molecular flexibility index (Phi) is 4.22. The first-order chi connectivity index (χ1) is 13.7. The summed E-state index contributed by atoms with van der Waals surface area (Å²) in [6, 6.07) is 11.4. The highest BCUT2D eigenvalue weighted by atomic mass is 32.2. The van der Waals surface area contributed by atoms with Gasteiger partial charge in [-0.15, -0.1) is 23.1 Å². The van der Waals surface area contributed by atoms with E-state index in [4.69, 9.17) is 4.42 Å². The van der Waals surface area contributed by atoms with E-state index in [9.17, 15) is 9.59 Å². The van der Waals surface area contributed by atoms with Crippen LogP contribution in [0.15, 0.2) is 63.7 Å². The maximum absolute atomic E-state index is 12.8. The molecule has 28 heavy (non-hydrogen) atoms. The molecule has 0 atom stereocenters. The van der Waals surface area contributed by atoms with Crippen LogP contribution in [-0.4, -0.2) is 22.6 Å². The SMILES string of the molecule is O=C(Nc1c[nH]c2ccccc12)c1cc2c(s1)SCC(=O)N2Cc1ccoc1. The molecule has 4 aromatic rings. The molecule has 8 heteroatoms. The monoisotopic (exact) mass is 409 g/mol. The van der Waals surface area contributed by atoms with Crippen LogP contribution < -0.4 is 10.2 Å². The van der Waals surface area contributed by atoms with E-state index in [1.165, 1.54) is 23.1 Å². The molecule has 0 radical (unpaired) electrons. The van der Waals surface area contributed by atoms with Crippen LogP contribution in [0.1, 0.15) is 15.2 Å². The third-order valence-corrected chi connectivity index (χ3v) is 6.96. The number of hydrogen-bond donors (Lipinski definition) is 2. The van der Waals surface area contributed by atoms with Crippen LogP contribution in [0.4, 0.5) is 11.4 Å². The lowest BCUT2D eigenvalue weighted by Crippen LogP contribution is -2.34. The fourth-order valence-corrected chi connectivity index (χ4v) is 5.40. The van der Waals surface area contributed by atoms with Crippen molar-refractivity contribution in [1.82, 2.24) is 4.98 Å².